The van der Waals surface area contributed by atoms with Crippen LogP contribution in [0.3, 0.4) is 0 Å². The van der Waals surface area contributed by atoms with Crippen molar-refractivity contribution in [1.82, 2.24) is 9.97 Å². The fraction of sp³-hybridized carbons (Fsp3) is 0.333. The summed E-state index contributed by atoms with van der Waals surface area (Å²) in [5.74, 6) is 1.32. The van der Waals surface area contributed by atoms with Gasteiger partial charge in [0.25, 0.3) is 0 Å². The molecule has 122 valence electrons. The zero-order valence-corrected chi connectivity index (χ0v) is 12.4. The quantitative estimate of drug-likeness (QED) is 0.941. The highest BCUT2D eigenvalue weighted by Gasteiger charge is 2.31. The monoisotopic (exact) mass is 324 g/mol. The van der Waals surface area contributed by atoms with Crippen molar-refractivity contribution in [3.63, 3.8) is 0 Å². The first kappa shape index (κ1) is 15.4. The van der Waals surface area contributed by atoms with Gasteiger partial charge in [-0.15, -0.1) is 13.2 Å². The molecule has 0 aliphatic carbocycles. The molecule has 2 aromatic rings. The summed E-state index contributed by atoms with van der Waals surface area (Å²) >= 11 is 0. The number of ether oxygens (including phenoxy) is 1. The first-order valence-corrected chi connectivity index (χ1v) is 7.07. The Morgan fingerprint density at radius 2 is 2.00 bits per heavy atom. The number of benzene rings is 1. The number of halogens is 3. The van der Waals surface area contributed by atoms with E-state index in [4.69, 9.17) is 0 Å². The SMILES string of the molecule is CNc1cc(N2CCc3cc(OC(F)(F)F)ccc3C2)ncn1. The Bertz CT molecular complexity index is 705. The van der Waals surface area contributed by atoms with Crippen molar-refractivity contribution in [1.29, 1.82) is 0 Å². The molecular formula is C15H15F3N4O. The van der Waals surface area contributed by atoms with E-state index in [0.717, 1.165) is 22.8 Å². The van der Waals surface area contributed by atoms with Gasteiger partial charge in [-0.1, -0.05) is 6.07 Å². The normalized spacial score (nSPS) is 14.3. The van der Waals surface area contributed by atoms with Crippen LogP contribution in [0.1, 0.15) is 11.1 Å². The molecule has 0 saturated carbocycles. The average Bonchev–Trinajstić information content (AvgIpc) is 2.53. The Labute approximate surface area is 131 Å². The van der Waals surface area contributed by atoms with Crippen molar-refractivity contribution >= 4 is 11.6 Å². The third-order valence-corrected chi connectivity index (χ3v) is 3.66. The van der Waals surface area contributed by atoms with Crippen molar-refractivity contribution < 1.29 is 17.9 Å². The van der Waals surface area contributed by atoms with Gasteiger partial charge in [0, 0.05) is 26.2 Å². The second-order valence-electron chi connectivity index (χ2n) is 5.16. The topological polar surface area (TPSA) is 50.3 Å². The highest BCUT2D eigenvalue weighted by atomic mass is 19.4. The van der Waals surface area contributed by atoms with Crippen molar-refractivity contribution in [2.45, 2.75) is 19.3 Å². The maximum atomic E-state index is 12.3. The van der Waals surface area contributed by atoms with Crippen LogP contribution in [0.25, 0.3) is 0 Å². The molecule has 0 radical (unpaired) electrons. The summed E-state index contributed by atoms with van der Waals surface area (Å²) in [6.45, 7) is 1.25. The number of fused-ring (bicyclic) bond motifs is 1. The van der Waals surface area contributed by atoms with Crippen LogP contribution in [-0.4, -0.2) is 29.9 Å². The summed E-state index contributed by atoms with van der Waals surface area (Å²) in [4.78, 5) is 10.4. The zero-order chi connectivity index (χ0) is 16.4. The summed E-state index contributed by atoms with van der Waals surface area (Å²) in [6.07, 6.45) is -2.56. The Balaban J connectivity index is 1.78. The highest BCUT2D eigenvalue weighted by molar-refractivity contribution is 5.51. The van der Waals surface area contributed by atoms with Crippen LogP contribution in [-0.2, 0) is 13.0 Å². The molecule has 1 aliphatic heterocycles. The van der Waals surface area contributed by atoms with Crippen LogP contribution in [0.4, 0.5) is 24.8 Å². The van der Waals surface area contributed by atoms with Crippen molar-refractivity contribution in [3.8, 4) is 5.75 Å². The van der Waals surface area contributed by atoms with Crippen LogP contribution in [0.15, 0.2) is 30.6 Å². The van der Waals surface area contributed by atoms with Gasteiger partial charge in [0.1, 0.15) is 23.7 Å². The maximum Gasteiger partial charge on any atom is 0.573 e. The summed E-state index contributed by atoms with van der Waals surface area (Å²) in [7, 11) is 1.78. The summed E-state index contributed by atoms with van der Waals surface area (Å²) in [5.41, 5.74) is 1.83. The molecule has 8 heteroatoms. The smallest absolute Gasteiger partial charge is 0.406 e. The molecule has 0 amide bonds. The molecule has 3 rings (SSSR count). The van der Waals surface area contributed by atoms with E-state index in [0.29, 0.717) is 19.5 Å². The Morgan fingerprint density at radius 1 is 1.17 bits per heavy atom. The van der Waals surface area contributed by atoms with Gasteiger partial charge in [0.15, 0.2) is 0 Å². The van der Waals surface area contributed by atoms with E-state index in [1.807, 2.05) is 6.07 Å². The minimum Gasteiger partial charge on any atom is -0.406 e. The lowest BCUT2D eigenvalue weighted by molar-refractivity contribution is -0.274. The minimum absolute atomic E-state index is 0.177. The number of nitrogens with zero attached hydrogens (tertiary/aromatic N) is 3. The van der Waals surface area contributed by atoms with E-state index in [-0.39, 0.29) is 5.75 Å². The number of rotatable bonds is 3. The minimum atomic E-state index is -4.67. The zero-order valence-electron chi connectivity index (χ0n) is 12.4. The fourth-order valence-corrected chi connectivity index (χ4v) is 2.58. The van der Waals surface area contributed by atoms with Crippen molar-refractivity contribution in [3.05, 3.63) is 41.7 Å². The first-order valence-electron chi connectivity index (χ1n) is 7.07. The van der Waals surface area contributed by atoms with Gasteiger partial charge < -0.3 is 15.0 Å². The molecule has 0 unspecified atom stereocenters. The molecule has 1 aromatic carbocycles. The summed E-state index contributed by atoms with van der Waals surface area (Å²) in [5, 5.41) is 2.95. The molecule has 23 heavy (non-hydrogen) atoms. The molecule has 2 heterocycles. The van der Waals surface area contributed by atoms with Crippen molar-refractivity contribution in [2.75, 3.05) is 23.8 Å². The molecular weight excluding hydrogens is 309 g/mol. The van der Waals surface area contributed by atoms with Crippen LogP contribution >= 0.6 is 0 Å². The second-order valence-corrected chi connectivity index (χ2v) is 5.16. The summed E-state index contributed by atoms with van der Waals surface area (Å²) < 4.78 is 40.8. The number of aromatic nitrogens is 2. The van der Waals surface area contributed by atoms with Gasteiger partial charge in [-0.05, 0) is 29.7 Å². The number of hydrogen-bond acceptors (Lipinski definition) is 5. The Kier molecular flexibility index (Phi) is 3.97. The van der Waals surface area contributed by atoms with Gasteiger partial charge in [-0.25, -0.2) is 9.97 Å². The van der Waals surface area contributed by atoms with Gasteiger partial charge in [-0.2, -0.15) is 0 Å². The lowest BCUT2D eigenvalue weighted by Crippen LogP contribution is -2.31. The number of hydrogen-bond donors (Lipinski definition) is 1. The summed E-state index contributed by atoms with van der Waals surface area (Å²) in [6, 6.07) is 6.31. The van der Waals surface area contributed by atoms with Crippen LogP contribution in [0, 0.1) is 0 Å². The van der Waals surface area contributed by atoms with E-state index in [9.17, 15) is 13.2 Å². The Hall–Kier alpha value is -2.51. The fourth-order valence-electron chi connectivity index (χ4n) is 2.58. The van der Waals surface area contributed by atoms with Gasteiger partial charge in [-0.3, -0.25) is 0 Å². The molecule has 0 bridgehead atoms. The third kappa shape index (κ3) is 3.64. The van der Waals surface area contributed by atoms with Gasteiger partial charge >= 0.3 is 6.36 Å². The van der Waals surface area contributed by atoms with Crippen molar-refractivity contribution in [2.24, 2.45) is 0 Å². The highest BCUT2D eigenvalue weighted by Crippen LogP contribution is 2.29. The second kappa shape index (κ2) is 5.94. The van der Waals surface area contributed by atoms with Gasteiger partial charge in [0.2, 0.25) is 0 Å². The van der Waals surface area contributed by atoms with E-state index in [1.165, 1.54) is 18.5 Å². The van der Waals surface area contributed by atoms with Gasteiger partial charge in [0.05, 0.1) is 0 Å². The molecule has 5 nitrogen and oxygen atoms in total. The first-order chi connectivity index (χ1) is 10.9. The third-order valence-electron chi connectivity index (χ3n) is 3.66. The van der Waals surface area contributed by atoms with E-state index in [1.54, 1.807) is 13.1 Å². The van der Waals surface area contributed by atoms with Crippen LogP contribution in [0.5, 0.6) is 5.75 Å². The molecule has 0 spiro atoms. The van der Waals surface area contributed by atoms with Crippen LogP contribution < -0.4 is 15.0 Å². The molecule has 0 atom stereocenters. The Morgan fingerprint density at radius 3 is 2.74 bits per heavy atom. The van der Waals surface area contributed by atoms with E-state index >= 15 is 0 Å². The standard InChI is InChI=1S/C15H15F3N4O/c1-19-13-7-14(21-9-20-13)22-5-4-10-6-12(23-15(16,17)18)3-2-11(10)8-22/h2-3,6-7,9H,4-5,8H2,1H3,(H,19,20,21). The number of anilines is 2. The molecule has 0 saturated heterocycles. The predicted molar refractivity (Wildman–Crippen MR) is 79.5 cm³/mol. The molecule has 1 aliphatic rings. The van der Waals surface area contributed by atoms with E-state index in [2.05, 4.69) is 24.9 Å². The molecule has 1 aromatic heterocycles. The number of alkyl halides is 3. The molecule has 1 N–H and O–H groups in total. The largest absolute Gasteiger partial charge is 0.573 e. The number of nitrogens with one attached hydrogen (secondary N) is 1. The predicted octanol–water partition coefficient (Wildman–Crippen LogP) is 2.98. The average molecular weight is 324 g/mol. The molecule has 0 fully saturated rings. The van der Waals surface area contributed by atoms with E-state index < -0.39 is 6.36 Å². The lowest BCUT2D eigenvalue weighted by Gasteiger charge is -2.30. The van der Waals surface area contributed by atoms with Crippen LogP contribution in [0.2, 0.25) is 0 Å². The lowest BCUT2D eigenvalue weighted by atomic mass is 9.99. The maximum absolute atomic E-state index is 12.3.